The van der Waals surface area contributed by atoms with E-state index in [1.807, 2.05) is 37.3 Å². The molecule has 0 aromatic heterocycles. The van der Waals surface area contributed by atoms with Crippen molar-refractivity contribution >= 4 is 38.9 Å². The van der Waals surface area contributed by atoms with Crippen LogP contribution in [-0.4, -0.2) is 15.7 Å². The number of aryl methyl sites for hydroxylation is 1. The molecule has 0 radical (unpaired) electrons. The number of halogens is 2. The number of rotatable bonds is 4. The summed E-state index contributed by atoms with van der Waals surface area (Å²) in [6.07, 6.45) is 0.0172. The minimum atomic E-state index is -0.538. The first-order chi connectivity index (χ1) is 14.8. The van der Waals surface area contributed by atoms with Crippen LogP contribution in [0.25, 0.3) is 0 Å². The van der Waals surface area contributed by atoms with E-state index in [-0.39, 0.29) is 22.5 Å². The van der Waals surface area contributed by atoms with E-state index in [4.69, 9.17) is 16.6 Å². The lowest BCUT2D eigenvalue weighted by Crippen LogP contribution is -2.33. The Morgan fingerprint density at radius 2 is 1.90 bits per heavy atom. The fraction of sp³-hybridized carbons (Fsp3) is 0.174. The van der Waals surface area contributed by atoms with E-state index in [0.29, 0.717) is 12.0 Å². The highest BCUT2D eigenvalue weighted by atomic mass is 79.9. The van der Waals surface area contributed by atoms with Crippen LogP contribution in [0.15, 0.2) is 70.1 Å². The molecule has 6 nitrogen and oxygen atoms in total. The molecule has 0 amide bonds. The van der Waals surface area contributed by atoms with Gasteiger partial charge >= 0.3 is 0 Å². The molecule has 0 bridgehead atoms. The minimum absolute atomic E-state index is 0.0773. The van der Waals surface area contributed by atoms with Crippen molar-refractivity contribution < 1.29 is 10.0 Å². The fourth-order valence-electron chi connectivity index (χ4n) is 3.64. The summed E-state index contributed by atoms with van der Waals surface area (Å²) >= 11 is 9.46. The van der Waals surface area contributed by atoms with Gasteiger partial charge in [-0.25, -0.2) is 0 Å². The number of aromatic hydroxyl groups is 1. The third-order valence-electron chi connectivity index (χ3n) is 5.27. The third-order valence-corrected chi connectivity index (χ3v) is 6.09. The quantitative estimate of drug-likeness (QED) is 0.327. The van der Waals surface area contributed by atoms with Crippen molar-refractivity contribution in [1.29, 1.82) is 0 Å². The molecule has 2 N–H and O–H groups in total. The molecule has 1 aliphatic heterocycles. The molecule has 4 rings (SSSR count). The summed E-state index contributed by atoms with van der Waals surface area (Å²) in [4.78, 5) is 15.7. The number of nitro groups is 1. The maximum atomic E-state index is 11.4. The Morgan fingerprint density at radius 1 is 1.16 bits per heavy atom. The minimum Gasteiger partial charge on any atom is -0.508 e. The second-order valence-electron chi connectivity index (χ2n) is 7.44. The molecule has 158 valence electrons. The Balaban J connectivity index is 1.80. The lowest BCUT2D eigenvalue weighted by atomic mass is 9.93. The number of benzene rings is 3. The molecule has 0 spiro atoms. The van der Waals surface area contributed by atoms with Gasteiger partial charge in [0.1, 0.15) is 16.9 Å². The molecule has 0 saturated carbocycles. The summed E-state index contributed by atoms with van der Waals surface area (Å²) in [5.41, 5.74) is 4.15. The third kappa shape index (κ3) is 4.63. The summed E-state index contributed by atoms with van der Waals surface area (Å²) in [5.74, 6) is 0.173. The number of nitrogens with one attached hydrogen (secondary N) is 1. The van der Waals surface area contributed by atoms with Gasteiger partial charge in [-0.3, -0.25) is 20.4 Å². The van der Waals surface area contributed by atoms with Gasteiger partial charge in [0.05, 0.1) is 4.92 Å². The molecule has 0 saturated heterocycles. The Morgan fingerprint density at radius 3 is 2.61 bits per heavy atom. The zero-order chi connectivity index (χ0) is 22.1. The molecule has 3 aromatic rings. The van der Waals surface area contributed by atoms with Crippen LogP contribution in [0.4, 0.5) is 5.69 Å². The van der Waals surface area contributed by atoms with Gasteiger partial charge in [-0.2, -0.15) is 0 Å². The number of phenolic OH excluding ortho intramolecular Hbond substituents is 1. The van der Waals surface area contributed by atoms with E-state index in [9.17, 15) is 15.2 Å². The van der Waals surface area contributed by atoms with Crippen molar-refractivity contribution in [2.75, 3.05) is 0 Å². The lowest BCUT2D eigenvalue weighted by molar-refractivity contribution is -0.384. The highest BCUT2D eigenvalue weighted by molar-refractivity contribution is 9.10. The number of phenols is 1. The van der Waals surface area contributed by atoms with Crippen molar-refractivity contribution in [3.8, 4) is 5.75 Å². The zero-order valence-electron chi connectivity index (χ0n) is 16.5. The first-order valence-corrected chi connectivity index (χ1v) is 10.8. The van der Waals surface area contributed by atoms with Crippen LogP contribution in [0.1, 0.15) is 40.9 Å². The van der Waals surface area contributed by atoms with Crippen LogP contribution in [-0.2, 0) is 0 Å². The maximum absolute atomic E-state index is 11.4. The number of nitro benzene ring substituents is 1. The topological polar surface area (TPSA) is 87.8 Å². The van der Waals surface area contributed by atoms with Crippen LogP contribution < -0.4 is 5.32 Å². The summed E-state index contributed by atoms with van der Waals surface area (Å²) in [6, 6.07) is 17.8. The average Bonchev–Trinajstić information content (AvgIpc) is 2.75. The number of nitrogens with zero attached hydrogens (tertiary/aromatic N) is 2. The first kappa shape index (κ1) is 21.5. The van der Waals surface area contributed by atoms with Gasteiger partial charge in [-0.05, 0) is 42.3 Å². The van der Waals surface area contributed by atoms with Gasteiger partial charge < -0.3 is 5.11 Å². The summed E-state index contributed by atoms with van der Waals surface area (Å²) in [7, 11) is 0. The van der Waals surface area contributed by atoms with Crippen LogP contribution in [0.2, 0.25) is 5.02 Å². The van der Waals surface area contributed by atoms with Gasteiger partial charge in [0.15, 0.2) is 0 Å². The van der Waals surface area contributed by atoms with Crippen molar-refractivity contribution in [2.24, 2.45) is 4.99 Å². The second-order valence-corrected chi connectivity index (χ2v) is 8.76. The van der Waals surface area contributed by atoms with Crippen LogP contribution in [0, 0.1) is 17.0 Å². The van der Waals surface area contributed by atoms with E-state index in [1.165, 1.54) is 12.1 Å². The standard InChI is InChI=1S/C23H19BrClN3O3/c1-13-2-4-14(5-3-13)19-12-20(17-11-16(24)7-9-22(17)29)27-23(26-19)15-6-8-18(25)21(10-15)28(30)31/h2-11,20,23,27,29H,12H2,1H3/t20-,23-/m0/s1. The number of hydrogen-bond acceptors (Lipinski definition) is 5. The maximum Gasteiger partial charge on any atom is 0.288 e. The Bertz CT molecular complexity index is 1180. The summed E-state index contributed by atoms with van der Waals surface area (Å²) in [6.45, 7) is 2.02. The molecule has 1 heterocycles. The fourth-order valence-corrected chi connectivity index (χ4v) is 4.21. The van der Waals surface area contributed by atoms with E-state index in [1.54, 1.807) is 18.2 Å². The monoisotopic (exact) mass is 499 g/mol. The predicted molar refractivity (Wildman–Crippen MR) is 125 cm³/mol. The van der Waals surface area contributed by atoms with Crippen molar-refractivity contribution in [1.82, 2.24) is 5.32 Å². The van der Waals surface area contributed by atoms with Gasteiger partial charge in [0.2, 0.25) is 0 Å². The van der Waals surface area contributed by atoms with E-state index >= 15 is 0 Å². The molecule has 31 heavy (non-hydrogen) atoms. The molecule has 8 heteroatoms. The average molecular weight is 501 g/mol. The summed E-state index contributed by atoms with van der Waals surface area (Å²) in [5, 5.41) is 25.3. The first-order valence-electron chi connectivity index (χ1n) is 9.64. The number of aliphatic imine (C=N–C) groups is 1. The van der Waals surface area contributed by atoms with E-state index < -0.39 is 11.1 Å². The van der Waals surface area contributed by atoms with Crippen LogP contribution >= 0.6 is 27.5 Å². The van der Waals surface area contributed by atoms with Gasteiger partial charge in [-0.15, -0.1) is 0 Å². The molecule has 3 aromatic carbocycles. The van der Waals surface area contributed by atoms with E-state index in [2.05, 4.69) is 21.2 Å². The Hall–Kier alpha value is -2.74. The van der Waals surface area contributed by atoms with Crippen LogP contribution in [0.3, 0.4) is 0 Å². The zero-order valence-corrected chi connectivity index (χ0v) is 18.9. The molecule has 0 aliphatic carbocycles. The highest BCUT2D eigenvalue weighted by Gasteiger charge is 2.29. The van der Waals surface area contributed by atoms with Crippen molar-refractivity contribution in [2.45, 2.75) is 25.6 Å². The normalized spacial score (nSPS) is 18.5. The molecule has 2 atom stereocenters. The predicted octanol–water partition coefficient (Wildman–Crippen LogP) is 6.25. The molecule has 0 unspecified atom stereocenters. The highest BCUT2D eigenvalue weighted by Crippen LogP contribution is 2.37. The smallest absolute Gasteiger partial charge is 0.288 e. The van der Waals surface area contributed by atoms with Crippen molar-refractivity contribution in [3.05, 3.63) is 103 Å². The van der Waals surface area contributed by atoms with Gasteiger partial charge in [0, 0.05) is 34.3 Å². The Labute approximate surface area is 192 Å². The van der Waals surface area contributed by atoms with Crippen molar-refractivity contribution in [3.63, 3.8) is 0 Å². The SMILES string of the molecule is Cc1ccc(C2=N[C@H](c3ccc(Cl)c([N+](=O)[O-])c3)N[C@H](c3cc(Br)ccc3O)C2)cc1. The lowest BCUT2D eigenvalue weighted by Gasteiger charge is -2.31. The number of hydrogen-bond donors (Lipinski definition) is 2. The Kier molecular flexibility index (Phi) is 6.09. The van der Waals surface area contributed by atoms with Crippen LogP contribution in [0.5, 0.6) is 5.75 Å². The molecular weight excluding hydrogens is 482 g/mol. The largest absolute Gasteiger partial charge is 0.508 e. The molecule has 1 aliphatic rings. The van der Waals surface area contributed by atoms with Gasteiger partial charge in [-0.1, -0.05) is 63.4 Å². The van der Waals surface area contributed by atoms with Gasteiger partial charge in [0.25, 0.3) is 5.69 Å². The molecule has 0 fully saturated rings. The summed E-state index contributed by atoms with van der Waals surface area (Å²) < 4.78 is 0.847. The molecular formula is C23H19BrClN3O3. The second kappa shape index (κ2) is 8.78. The van der Waals surface area contributed by atoms with E-state index in [0.717, 1.165) is 26.9 Å².